The molecule has 1 aliphatic carbocycles. The zero-order valence-electron chi connectivity index (χ0n) is 12.5. The average Bonchev–Trinajstić information content (AvgIpc) is 2.81. The fourth-order valence-corrected chi connectivity index (χ4v) is 2.47. The van der Waals surface area contributed by atoms with Crippen molar-refractivity contribution in [1.29, 1.82) is 0 Å². The Hall–Kier alpha value is -1.55. The van der Waals surface area contributed by atoms with Gasteiger partial charge in [0.1, 0.15) is 5.75 Å². The first-order chi connectivity index (χ1) is 9.52. The molecule has 2 rings (SSSR count). The highest BCUT2D eigenvalue weighted by Gasteiger charge is 2.24. The van der Waals surface area contributed by atoms with Gasteiger partial charge in [0.25, 0.3) is 5.91 Å². The van der Waals surface area contributed by atoms with Crippen molar-refractivity contribution >= 4 is 5.91 Å². The third-order valence-electron chi connectivity index (χ3n) is 3.95. The van der Waals surface area contributed by atoms with E-state index in [1.807, 2.05) is 32.0 Å². The third kappa shape index (κ3) is 3.12. The largest absolute Gasteiger partial charge is 0.481 e. The lowest BCUT2D eigenvalue weighted by atomic mass is 10.1. The molecule has 0 heterocycles. The molecule has 1 aliphatic rings. The molecule has 0 fully saturated rings. The molecule has 3 atom stereocenters. The first-order valence-corrected chi connectivity index (χ1v) is 7.37. The lowest BCUT2D eigenvalue weighted by Crippen LogP contribution is -2.41. The molecule has 0 saturated heterocycles. The molecular weight excluding hydrogens is 252 g/mol. The van der Waals surface area contributed by atoms with Crippen molar-refractivity contribution < 1.29 is 9.53 Å². The lowest BCUT2D eigenvalue weighted by molar-refractivity contribution is -0.127. The van der Waals surface area contributed by atoms with Gasteiger partial charge in [-0.2, -0.15) is 0 Å². The molecule has 0 spiro atoms. The summed E-state index contributed by atoms with van der Waals surface area (Å²) < 4.78 is 5.85. The Bertz CT molecular complexity index is 487. The Labute approximate surface area is 120 Å². The summed E-state index contributed by atoms with van der Waals surface area (Å²) in [6, 6.07) is 6.17. The molecule has 3 N–H and O–H groups in total. The standard InChI is InChI=1S/C16H24N2O2/c1-4-10(2)18-16(19)11(3)20-15-7-5-6-12-13(15)8-9-14(12)17/h5-7,10-11,14H,4,8-9,17H2,1-3H3,(H,18,19). The zero-order chi connectivity index (χ0) is 14.7. The predicted molar refractivity (Wildman–Crippen MR) is 79.7 cm³/mol. The van der Waals surface area contributed by atoms with E-state index in [0.29, 0.717) is 0 Å². The number of carbonyl (C=O) groups is 1. The smallest absolute Gasteiger partial charge is 0.260 e. The van der Waals surface area contributed by atoms with E-state index < -0.39 is 6.10 Å². The van der Waals surface area contributed by atoms with Gasteiger partial charge in [0, 0.05) is 12.1 Å². The van der Waals surface area contributed by atoms with Crippen molar-refractivity contribution in [3.05, 3.63) is 29.3 Å². The van der Waals surface area contributed by atoms with Crippen molar-refractivity contribution in [3.63, 3.8) is 0 Å². The number of nitrogens with one attached hydrogen (secondary N) is 1. The van der Waals surface area contributed by atoms with Gasteiger partial charge in [-0.1, -0.05) is 19.1 Å². The Morgan fingerprint density at radius 1 is 1.50 bits per heavy atom. The Kier molecular flexibility index (Phi) is 4.65. The van der Waals surface area contributed by atoms with Gasteiger partial charge in [0.2, 0.25) is 0 Å². The minimum absolute atomic E-state index is 0.0701. The van der Waals surface area contributed by atoms with Gasteiger partial charge in [-0.15, -0.1) is 0 Å². The van der Waals surface area contributed by atoms with Gasteiger partial charge in [0.15, 0.2) is 6.10 Å². The number of ether oxygens (including phenoxy) is 1. The molecule has 0 aromatic heterocycles. The monoisotopic (exact) mass is 276 g/mol. The number of benzene rings is 1. The van der Waals surface area contributed by atoms with Crippen LogP contribution in [0, 0.1) is 0 Å². The first-order valence-electron chi connectivity index (χ1n) is 7.37. The SMILES string of the molecule is CCC(C)NC(=O)C(C)Oc1cccc2c1CCC2N. The second kappa shape index (κ2) is 6.27. The minimum atomic E-state index is -0.493. The average molecular weight is 276 g/mol. The molecule has 3 unspecified atom stereocenters. The van der Waals surface area contributed by atoms with Crippen LogP contribution in [-0.4, -0.2) is 18.1 Å². The van der Waals surface area contributed by atoms with Gasteiger partial charge >= 0.3 is 0 Å². The summed E-state index contributed by atoms with van der Waals surface area (Å²) in [6.45, 7) is 5.82. The molecule has 0 radical (unpaired) electrons. The van der Waals surface area contributed by atoms with Crippen molar-refractivity contribution in [2.75, 3.05) is 0 Å². The maximum atomic E-state index is 12.0. The third-order valence-corrected chi connectivity index (χ3v) is 3.95. The second-order valence-corrected chi connectivity index (χ2v) is 5.55. The van der Waals surface area contributed by atoms with Crippen LogP contribution in [0.2, 0.25) is 0 Å². The van der Waals surface area contributed by atoms with Crippen molar-refractivity contribution in [2.24, 2.45) is 5.73 Å². The van der Waals surface area contributed by atoms with E-state index in [1.54, 1.807) is 6.92 Å². The first kappa shape index (κ1) is 14.9. The van der Waals surface area contributed by atoms with Crippen LogP contribution < -0.4 is 15.8 Å². The van der Waals surface area contributed by atoms with E-state index in [-0.39, 0.29) is 18.0 Å². The molecule has 0 bridgehead atoms. The van der Waals surface area contributed by atoms with Gasteiger partial charge < -0.3 is 15.8 Å². The predicted octanol–water partition coefficient (Wildman–Crippen LogP) is 2.31. The van der Waals surface area contributed by atoms with Crippen LogP contribution in [0.15, 0.2) is 18.2 Å². The summed E-state index contributed by atoms with van der Waals surface area (Å²) >= 11 is 0. The van der Waals surface area contributed by atoms with Gasteiger partial charge in [-0.05, 0) is 50.3 Å². The molecule has 1 aromatic carbocycles. The molecule has 1 amide bonds. The summed E-state index contributed by atoms with van der Waals surface area (Å²) in [7, 11) is 0. The number of fused-ring (bicyclic) bond motifs is 1. The van der Waals surface area contributed by atoms with Crippen LogP contribution in [0.4, 0.5) is 0 Å². The zero-order valence-corrected chi connectivity index (χ0v) is 12.5. The highest BCUT2D eigenvalue weighted by atomic mass is 16.5. The molecule has 4 heteroatoms. The highest BCUT2D eigenvalue weighted by molar-refractivity contribution is 5.81. The topological polar surface area (TPSA) is 64.3 Å². The van der Waals surface area contributed by atoms with E-state index in [1.165, 1.54) is 0 Å². The number of nitrogens with two attached hydrogens (primary N) is 1. The molecular formula is C16H24N2O2. The summed E-state index contributed by atoms with van der Waals surface area (Å²) in [5.41, 5.74) is 8.36. The molecule has 20 heavy (non-hydrogen) atoms. The van der Waals surface area contributed by atoms with Crippen LogP contribution in [0.5, 0.6) is 5.75 Å². The number of carbonyl (C=O) groups excluding carboxylic acids is 1. The minimum Gasteiger partial charge on any atom is -0.481 e. The Balaban J connectivity index is 2.05. The summed E-state index contributed by atoms with van der Waals surface area (Å²) in [5.74, 6) is 0.724. The van der Waals surface area contributed by atoms with Gasteiger partial charge in [-0.25, -0.2) is 0 Å². The molecule has 0 saturated carbocycles. The van der Waals surface area contributed by atoms with Crippen molar-refractivity contribution in [2.45, 2.75) is 58.2 Å². The quantitative estimate of drug-likeness (QED) is 0.867. The number of amides is 1. The van der Waals surface area contributed by atoms with E-state index in [4.69, 9.17) is 10.5 Å². The molecule has 1 aromatic rings. The van der Waals surface area contributed by atoms with Crippen LogP contribution in [-0.2, 0) is 11.2 Å². The molecule has 0 aliphatic heterocycles. The van der Waals surface area contributed by atoms with Crippen molar-refractivity contribution in [1.82, 2.24) is 5.32 Å². The summed E-state index contributed by atoms with van der Waals surface area (Å²) in [6.07, 6.45) is 2.29. The summed E-state index contributed by atoms with van der Waals surface area (Å²) in [5, 5.41) is 2.94. The number of hydrogen-bond acceptors (Lipinski definition) is 3. The maximum absolute atomic E-state index is 12.0. The fourth-order valence-electron chi connectivity index (χ4n) is 2.47. The van der Waals surface area contributed by atoms with Crippen LogP contribution in [0.1, 0.15) is 50.8 Å². The Morgan fingerprint density at radius 3 is 2.95 bits per heavy atom. The van der Waals surface area contributed by atoms with E-state index >= 15 is 0 Å². The van der Waals surface area contributed by atoms with E-state index in [2.05, 4.69) is 5.32 Å². The summed E-state index contributed by atoms with van der Waals surface area (Å²) in [4.78, 5) is 12.0. The normalized spacial score (nSPS) is 20.1. The van der Waals surface area contributed by atoms with Crippen LogP contribution >= 0.6 is 0 Å². The second-order valence-electron chi connectivity index (χ2n) is 5.55. The van der Waals surface area contributed by atoms with Crippen molar-refractivity contribution in [3.8, 4) is 5.75 Å². The maximum Gasteiger partial charge on any atom is 0.260 e. The number of rotatable bonds is 5. The molecule has 110 valence electrons. The fraction of sp³-hybridized carbons (Fsp3) is 0.562. The lowest BCUT2D eigenvalue weighted by Gasteiger charge is -2.19. The van der Waals surface area contributed by atoms with Gasteiger partial charge in [0.05, 0.1) is 0 Å². The molecule has 4 nitrogen and oxygen atoms in total. The van der Waals surface area contributed by atoms with Crippen LogP contribution in [0.25, 0.3) is 0 Å². The van der Waals surface area contributed by atoms with E-state index in [0.717, 1.165) is 36.1 Å². The van der Waals surface area contributed by atoms with E-state index in [9.17, 15) is 4.79 Å². The number of hydrogen-bond donors (Lipinski definition) is 2. The highest BCUT2D eigenvalue weighted by Crippen LogP contribution is 2.35. The van der Waals surface area contributed by atoms with Gasteiger partial charge in [-0.3, -0.25) is 4.79 Å². The van der Waals surface area contributed by atoms with Crippen LogP contribution in [0.3, 0.4) is 0 Å². The Morgan fingerprint density at radius 2 is 2.25 bits per heavy atom.